The summed E-state index contributed by atoms with van der Waals surface area (Å²) >= 11 is 0. The number of hydrogen-bond donors (Lipinski definition) is 2. The molecular weight excluding hydrogens is 368 g/mol. The van der Waals surface area contributed by atoms with Crippen LogP contribution >= 0.6 is 0 Å². The summed E-state index contributed by atoms with van der Waals surface area (Å²) in [5, 5.41) is 5.77. The standard InChI is InChI=1S/C22H26N4O3/c1-15-8-7-13-26-20(16(2)25-21(15)26)22(28)23-12-6-11-19(27)24-14-17-9-4-5-10-18(17)29-3/h4-5,7-10,13H,6,11-12,14H2,1-3H3,(H,23,28)(H,24,27). The first-order valence-corrected chi connectivity index (χ1v) is 9.62. The number of benzene rings is 1. The maximum Gasteiger partial charge on any atom is 0.270 e. The highest BCUT2D eigenvalue weighted by molar-refractivity contribution is 5.94. The van der Waals surface area contributed by atoms with Gasteiger partial charge in [0.25, 0.3) is 5.91 Å². The van der Waals surface area contributed by atoms with Crippen LogP contribution in [0.4, 0.5) is 0 Å². The fourth-order valence-electron chi connectivity index (χ4n) is 3.26. The monoisotopic (exact) mass is 394 g/mol. The zero-order valence-electron chi connectivity index (χ0n) is 17.0. The maximum absolute atomic E-state index is 12.6. The molecule has 2 heterocycles. The number of imidazole rings is 1. The highest BCUT2D eigenvalue weighted by Crippen LogP contribution is 2.17. The van der Waals surface area contributed by atoms with Crippen molar-refractivity contribution in [1.82, 2.24) is 20.0 Å². The molecule has 0 spiro atoms. The number of pyridine rings is 1. The Morgan fingerprint density at radius 1 is 1.10 bits per heavy atom. The molecule has 0 aliphatic rings. The zero-order valence-corrected chi connectivity index (χ0v) is 17.0. The molecule has 2 amide bonds. The third kappa shape index (κ3) is 4.74. The Kier molecular flexibility index (Phi) is 6.49. The van der Waals surface area contributed by atoms with Crippen molar-refractivity contribution in [3.8, 4) is 5.75 Å². The van der Waals surface area contributed by atoms with E-state index in [1.807, 2.05) is 56.4 Å². The van der Waals surface area contributed by atoms with E-state index in [0.29, 0.717) is 37.3 Å². The van der Waals surface area contributed by atoms with E-state index in [-0.39, 0.29) is 11.8 Å². The molecule has 0 bridgehead atoms. The fourth-order valence-corrected chi connectivity index (χ4v) is 3.26. The molecule has 0 fully saturated rings. The number of amides is 2. The van der Waals surface area contributed by atoms with Crippen molar-refractivity contribution in [2.75, 3.05) is 13.7 Å². The topological polar surface area (TPSA) is 84.7 Å². The van der Waals surface area contributed by atoms with E-state index >= 15 is 0 Å². The lowest BCUT2D eigenvalue weighted by molar-refractivity contribution is -0.121. The number of aromatic nitrogens is 2. The molecule has 7 nitrogen and oxygen atoms in total. The Balaban J connectivity index is 1.47. The van der Waals surface area contributed by atoms with Gasteiger partial charge < -0.3 is 15.4 Å². The van der Waals surface area contributed by atoms with Gasteiger partial charge in [-0.1, -0.05) is 24.3 Å². The summed E-state index contributed by atoms with van der Waals surface area (Å²) in [6.45, 7) is 4.62. The van der Waals surface area contributed by atoms with Gasteiger partial charge in [0.1, 0.15) is 17.1 Å². The second-order valence-electron chi connectivity index (χ2n) is 6.88. The van der Waals surface area contributed by atoms with Crippen molar-refractivity contribution in [2.24, 2.45) is 0 Å². The average Bonchev–Trinajstić information content (AvgIpc) is 3.07. The molecule has 0 aliphatic carbocycles. The van der Waals surface area contributed by atoms with E-state index in [1.165, 1.54) is 0 Å². The first kappa shape index (κ1) is 20.4. The minimum Gasteiger partial charge on any atom is -0.496 e. The first-order chi connectivity index (χ1) is 14.0. The number of para-hydroxylation sites is 1. The van der Waals surface area contributed by atoms with Crippen molar-refractivity contribution >= 4 is 17.5 Å². The van der Waals surface area contributed by atoms with Crippen molar-refractivity contribution < 1.29 is 14.3 Å². The summed E-state index contributed by atoms with van der Waals surface area (Å²) in [7, 11) is 1.61. The van der Waals surface area contributed by atoms with Gasteiger partial charge in [0.05, 0.1) is 12.8 Å². The number of carbonyl (C=O) groups is 2. The van der Waals surface area contributed by atoms with E-state index in [0.717, 1.165) is 22.5 Å². The van der Waals surface area contributed by atoms with Crippen molar-refractivity contribution in [1.29, 1.82) is 0 Å². The summed E-state index contributed by atoms with van der Waals surface area (Å²) in [5.74, 6) is 0.500. The minimum absolute atomic E-state index is 0.0632. The molecular formula is C22H26N4O3. The third-order valence-corrected chi connectivity index (χ3v) is 4.77. The number of aryl methyl sites for hydroxylation is 2. The normalized spacial score (nSPS) is 10.7. The van der Waals surface area contributed by atoms with Crippen LogP contribution < -0.4 is 15.4 Å². The highest BCUT2D eigenvalue weighted by Gasteiger charge is 2.17. The number of carbonyl (C=O) groups excluding carboxylic acids is 2. The van der Waals surface area contributed by atoms with E-state index in [1.54, 1.807) is 11.5 Å². The van der Waals surface area contributed by atoms with Crippen molar-refractivity contribution in [2.45, 2.75) is 33.2 Å². The molecule has 152 valence electrons. The van der Waals surface area contributed by atoms with Crippen LogP contribution in [0.25, 0.3) is 5.65 Å². The van der Waals surface area contributed by atoms with Crippen LogP contribution in [-0.4, -0.2) is 34.9 Å². The molecule has 3 rings (SSSR count). The lowest BCUT2D eigenvalue weighted by Gasteiger charge is -2.10. The number of ether oxygens (including phenoxy) is 1. The molecule has 0 saturated heterocycles. The highest BCUT2D eigenvalue weighted by atomic mass is 16.5. The number of nitrogens with one attached hydrogen (secondary N) is 2. The second kappa shape index (κ2) is 9.23. The van der Waals surface area contributed by atoms with Crippen LogP contribution in [0.15, 0.2) is 42.6 Å². The van der Waals surface area contributed by atoms with Crippen LogP contribution in [0, 0.1) is 13.8 Å². The maximum atomic E-state index is 12.6. The Hall–Kier alpha value is -3.35. The number of fused-ring (bicyclic) bond motifs is 1. The van der Waals surface area contributed by atoms with E-state index in [4.69, 9.17) is 4.74 Å². The van der Waals surface area contributed by atoms with Gasteiger partial charge in [-0.2, -0.15) is 0 Å². The lowest BCUT2D eigenvalue weighted by atomic mass is 10.2. The van der Waals surface area contributed by atoms with Gasteiger partial charge in [-0.25, -0.2) is 4.98 Å². The Bertz CT molecular complexity index is 1030. The molecule has 0 unspecified atom stereocenters. The Labute approximate surface area is 170 Å². The van der Waals surface area contributed by atoms with Crippen LogP contribution in [0.1, 0.15) is 40.2 Å². The molecule has 0 atom stereocenters. The van der Waals surface area contributed by atoms with Gasteiger partial charge >= 0.3 is 0 Å². The van der Waals surface area contributed by atoms with Crippen LogP contribution in [0.5, 0.6) is 5.75 Å². The van der Waals surface area contributed by atoms with E-state index < -0.39 is 0 Å². The molecule has 7 heteroatoms. The summed E-state index contributed by atoms with van der Waals surface area (Å²) in [5.41, 5.74) is 3.94. The Morgan fingerprint density at radius 2 is 1.90 bits per heavy atom. The zero-order chi connectivity index (χ0) is 20.8. The SMILES string of the molecule is COc1ccccc1CNC(=O)CCCNC(=O)c1c(C)nc2c(C)cccn12. The molecule has 1 aromatic carbocycles. The summed E-state index contributed by atoms with van der Waals surface area (Å²) in [6.07, 6.45) is 2.72. The van der Waals surface area contributed by atoms with E-state index in [9.17, 15) is 9.59 Å². The van der Waals surface area contributed by atoms with Crippen LogP contribution in [0.2, 0.25) is 0 Å². The summed E-state index contributed by atoms with van der Waals surface area (Å²) in [4.78, 5) is 29.2. The van der Waals surface area contributed by atoms with Gasteiger partial charge in [-0.05, 0) is 38.0 Å². The average molecular weight is 394 g/mol. The van der Waals surface area contributed by atoms with Crippen LogP contribution in [-0.2, 0) is 11.3 Å². The Morgan fingerprint density at radius 3 is 2.69 bits per heavy atom. The quantitative estimate of drug-likeness (QED) is 0.576. The number of hydrogen-bond acceptors (Lipinski definition) is 4. The predicted octanol–water partition coefficient (Wildman–Crippen LogP) is 2.79. The van der Waals surface area contributed by atoms with Gasteiger partial charge in [0.2, 0.25) is 5.91 Å². The fraction of sp³-hybridized carbons (Fsp3) is 0.318. The van der Waals surface area contributed by atoms with Crippen molar-refractivity contribution in [3.05, 3.63) is 65.1 Å². The van der Waals surface area contributed by atoms with Gasteiger partial charge in [-0.3, -0.25) is 14.0 Å². The molecule has 2 aromatic heterocycles. The van der Waals surface area contributed by atoms with Gasteiger partial charge in [0.15, 0.2) is 0 Å². The molecule has 0 saturated carbocycles. The first-order valence-electron chi connectivity index (χ1n) is 9.62. The second-order valence-corrected chi connectivity index (χ2v) is 6.88. The number of nitrogens with zero attached hydrogens (tertiary/aromatic N) is 2. The summed E-state index contributed by atoms with van der Waals surface area (Å²) in [6, 6.07) is 11.4. The van der Waals surface area contributed by atoms with Gasteiger partial charge in [0, 0.05) is 31.3 Å². The molecule has 3 aromatic rings. The molecule has 0 aliphatic heterocycles. The third-order valence-electron chi connectivity index (χ3n) is 4.77. The van der Waals surface area contributed by atoms with Gasteiger partial charge in [-0.15, -0.1) is 0 Å². The predicted molar refractivity (Wildman–Crippen MR) is 111 cm³/mol. The van der Waals surface area contributed by atoms with Crippen LogP contribution in [0.3, 0.4) is 0 Å². The van der Waals surface area contributed by atoms with Crippen molar-refractivity contribution in [3.63, 3.8) is 0 Å². The largest absolute Gasteiger partial charge is 0.496 e. The lowest BCUT2D eigenvalue weighted by Crippen LogP contribution is -2.28. The minimum atomic E-state index is -0.185. The smallest absolute Gasteiger partial charge is 0.270 e. The summed E-state index contributed by atoms with van der Waals surface area (Å²) < 4.78 is 7.09. The van der Waals surface area contributed by atoms with E-state index in [2.05, 4.69) is 15.6 Å². The number of methoxy groups -OCH3 is 1. The number of rotatable bonds is 8. The molecule has 2 N–H and O–H groups in total. The molecule has 29 heavy (non-hydrogen) atoms. The molecule has 0 radical (unpaired) electrons.